The van der Waals surface area contributed by atoms with Crippen LogP contribution in [0.25, 0.3) is 0 Å². The number of nitro groups is 1. The van der Waals surface area contributed by atoms with Gasteiger partial charge in [-0.1, -0.05) is 15.9 Å². The van der Waals surface area contributed by atoms with Gasteiger partial charge in [0.15, 0.2) is 5.75 Å². The van der Waals surface area contributed by atoms with Crippen LogP contribution in [0.5, 0.6) is 5.75 Å². The molecule has 0 saturated carbocycles. The third-order valence-electron chi connectivity index (χ3n) is 1.75. The van der Waals surface area contributed by atoms with E-state index < -0.39 is 4.92 Å². The van der Waals surface area contributed by atoms with E-state index in [-0.39, 0.29) is 5.69 Å². The molecule has 0 radical (unpaired) electrons. The first-order chi connectivity index (χ1) is 7.06. The van der Waals surface area contributed by atoms with E-state index in [0.29, 0.717) is 22.6 Å². The van der Waals surface area contributed by atoms with Crippen molar-refractivity contribution in [1.82, 2.24) is 0 Å². The summed E-state index contributed by atoms with van der Waals surface area (Å²) in [5.74, 6) is 0.837. The molecule has 1 aromatic rings. The van der Waals surface area contributed by atoms with Crippen LogP contribution in [0.15, 0.2) is 16.6 Å². The first-order valence-corrected chi connectivity index (χ1v) is 5.67. The van der Waals surface area contributed by atoms with Gasteiger partial charge in [0, 0.05) is 16.3 Å². The minimum Gasteiger partial charge on any atom is -0.486 e. The maximum atomic E-state index is 10.8. The van der Waals surface area contributed by atoms with Crippen molar-refractivity contribution in [1.29, 1.82) is 0 Å². The zero-order valence-electron chi connectivity index (χ0n) is 8.07. The molecule has 0 amide bonds. The number of hydrogen-bond acceptors (Lipinski definition) is 4. The number of aryl methyl sites for hydroxylation is 1. The summed E-state index contributed by atoms with van der Waals surface area (Å²) < 4.78 is 5.97. The summed E-state index contributed by atoms with van der Waals surface area (Å²) in [5.41, 5.74) is 0.710. The molecule has 15 heavy (non-hydrogen) atoms. The smallest absolute Gasteiger partial charge is 0.312 e. The van der Waals surface area contributed by atoms with Gasteiger partial charge in [0.2, 0.25) is 0 Å². The monoisotopic (exact) mass is 291 g/mol. The fraction of sp³-hybridized carbons (Fsp3) is 0.333. The van der Waals surface area contributed by atoms with Crippen molar-refractivity contribution in [3.63, 3.8) is 0 Å². The van der Waals surface area contributed by atoms with Gasteiger partial charge in [0.1, 0.15) is 0 Å². The molecule has 0 fully saturated rings. The minimum atomic E-state index is -0.453. The van der Waals surface area contributed by atoms with Gasteiger partial charge in [0.25, 0.3) is 0 Å². The van der Waals surface area contributed by atoms with Gasteiger partial charge in [-0.3, -0.25) is 10.1 Å². The number of thiol groups is 1. The van der Waals surface area contributed by atoms with E-state index in [9.17, 15) is 10.1 Å². The zero-order valence-corrected chi connectivity index (χ0v) is 10.5. The van der Waals surface area contributed by atoms with E-state index in [1.54, 1.807) is 13.0 Å². The van der Waals surface area contributed by atoms with Gasteiger partial charge < -0.3 is 4.74 Å². The topological polar surface area (TPSA) is 52.4 Å². The predicted molar refractivity (Wildman–Crippen MR) is 64.9 cm³/mol. The van der Waals surface area contributed by atoms with Gasteiger partial charge in [-0.15, -0.1) is 0 Å². The summed E-state index contributed by atoms with van der Waals surface area (Å²) in [6.45, 7) is 2.12. The molecule has 0 atom stereocenters. The van der Waals surface area contributed by atoms with Crippen LogP contribution in [0.4, 0.5) is 5.69 Å². The van der Waals surface area contributed by atoms with Crippen molar-refractivity contribution in [2.24, 2.45) is 0 Å². The Labute approximate surface area is 101 Å². The Hall–Kier alpha value is -0.750. The molecule has 0 aromatic heterocycles. The van der Waals surface area contributed by atoms with Crippen molar-refractivity contribution in [3.05, 3.63) is 32.3 Å². The highest BCUT2D eigenvalue weighted by molar-refractivity contribution is 9.10. The molecule has 0 spiro atoms. The summed E-state index contributed by atoms with van der Waals surface area (Å²) >= 11 is 7.20. The number of halogens is 1. The number of nitrogens with zero attached hydrogens (tertiary/aromatic N) is 1. The molecule has 0 bridgehead atoms. The van der Waals surface area contributed by atoms with Crippen LogP contribution in [0, 0.1) is 17.0 Å². The standard InChI is InChI=1S/C9H10BrNO3S/c1-6-4-7(10)5-8(11(12)13)9(6)14-2-3-15/h4-5,15H,2-3H2,1H3. The van der Waals surface area contributed by atoms with Crippen molar-refractivity contribution in [3.8, 4) is 5.75 Å². The maximum Gasteiger partial charge on any atom is 0.312 e. The molecule has 0 aliphatic heterocycles. The average Bonchev–Trinajstić information content (AvgIpc) is 2.15. The second-order valence-electron chi connectivity index (χ2n) is 2.90. The lowest BCUT2D eigenvalue weighted by molar-refractivity contribution is -0.386. The summed E-state index contributed by atoms with van der Waals surface area (Å²) in [4.78, 5) is 10.3. The van der Waals surface area contributed by atoms with Crippen molar-refractivity contribution >= 4 is 34.2 Å². The molecule has 0 aliphatic rings. The largest absolute Gasteiger partial charge is 0.486 e. The molecule has 1 rings (SSSR count). The SMILES string of the molecule is Cc1cc(Br)cc([N+](=O)[O-])c1OCCS. The highest BCUT2D eigenvalue weighted by Crippen LogP contribution is 2.33. The van der Waals surface area contributed by atoms with Gasteiger partial charge in [0.05, 0.1) is 11.5 Å². The van der Waals surface area contributed by atoms with Crippen LogP contribution in [0.3, 0.4) is 0 Å². The molecule has 82 valence electrons. The van der Waals surface area contributed by atoms with Crippen molar-refractivity contribution < 1.29 is 9.66 Å². The second-order valence-corrected chi connectivity index (χ2v) is 4.26. The van der Waals surface area contributed by atoms with E-state index >= 15 is 0 Å². The fourth-order valence-electron chi connectivity index (χ4n) is 1.18. The average molecular weight is 292 g/mol. The van der Waals surface area contributed by atoms with Gasteiger partial charge >= 0.3 is 5.69 Å². The van der Waals surface area contributed by atoms with Crippen LogP contribution in [0.2, 0.25) is 0 Å². The van der Waals surface area contributed by atoms with E-state index in [1.807, 2.05) is 0 Å². The first kappa shape index (κ1) is 12.3. The molecular formula is C9H10BrNO3S. The zero-order chi connectivity index (χ0) is 11.4. The number of benzene rings is 1. The second kappa shape index (κ2) is 5.37. The Bertz CT molecular complexity index is 384. The van der Waals surface area contributed by atoms with Crippen LogP contribution in [-0.2, 0) is 0 Å². The molecule has 0 unspecified atom stereocenters. The highest BCUT2D eigenvalue weighted by atomic mass is 79.9. The maximum absolute atomic E-state index is 10.8. The minimum absolute atomic E-state index is 0.0244. The normalized spacial score (nSPS) is 10.1. The van der Waals surface area contributed by atoms with Gasteiger partial charge in [-0.2, -0.15) is 12.6 Å². The lowest BCUT2D eigenvalue weighted by atomic mass is 10.2. The molecule has 1 aromatic carbocycles. The van der Waals surface area contributed by atoms with E-state index in [1.165, 1.54) is 6.07 Å². The van der Waals surface area contributed by atoms with Crippen LogP contribution in [-0.4, -0.2) is 17.3 Å². The molecule has 0 aliphatic carbocycles. The number of nitro benzene ring substituents is 1. The van der Waals surface area contributed by atoms with Crippen molar-refractivity contribution in [2.75, 3.05) is 12.4 Å². The first-order valence-electron chi connectivity index (χ1n) is 4.24. The van der Waals surface area contributed by atoms with Crippen LogP contribution >= 0.6 is 28.6 Å². The molecule has 0 heterocycles. The number of rotatable bonds is 4. The fourth-order valence-corrected chi connectivity index (χ4v) is 1.83. The number of ether oxygens (including phenoxy) is 1. The lowest BCUT2D eigenvalue weighted by Gasteiger charge is -2.08. The summed E-state index contributed by atoms with van der Waals surface area (Å²) in [6.07, 6.45) is 0. The molecule has 0 saturated heterocycles. The van der Waals surface area contributed by atoms with E-state index in [0.717, 1.165) is 5.56 Å². The van der Waals surface area contributed by atoms with Crippen LogP contribution in [0.1, 0.15) is 5.56 Å². The van der Waals surface area contributed by atoms with Crippen LogP contribution < -0.4 is 4.74 Å². The Morgan fingerprint density at radius 2 is 2.27 bits per heavy atom. The molecular weight excluding hydrogens is 282 g/mol. The van der Waals surface area contributed by atoms with Crippen molar-refractivity contribution in [2.45, 2.75) is 6.92 Å². The Balaban J connectivity index is 3.15. The Morgan fingerprint density at radius 1 is 1.60 bits per heavy atom. The third-order valence-corrected chi connectivity index (χ3v) is 2.39. The Kier molecular flexibility index (Phi) is 4.41. The number of hydrogen-bond donors (Lipinski definition) is 1. The predicted octanol–water partition coefficient (Wildman–Crippen LogP) is 2.97. The van der Waals surface area contributed by atoms with Gasteiger partial charge in [-0.05, 0) is 18.6 Å². The summed E-state index contributed by atoms with van der Waals surface area (Å²) in [5, 5.41) is 10.8. The Morgan fingerprint density at radius 3 is 2.80 bits per heavy atom. The molecule has 6 heteroatoms. The highest BCUT2D eigenvalue weighted by Gasteiger charge is 2.18. The molecule has 0 N–H and O–H groups in total. The van der Waals surface area contributed by atoms with E-state index in [4.69, 9.17) is 4.74 Å². The summed E-state index contributed by atoms with van der Waals surface area (Å²) in [7, 11) is 0. The third kappa shape index (κ3) is 3.10. The summed E-state index contributed by atoms with van der Waals surface area (Å²) in [6, 6.07) is 3.21. The van der Waals surface area contributed by atoms with Gasteiger partial charge in [-0.25, -0.2) is 0 Å². The quantitative estimate of drug-likeness (QED) is 0.527. The molecule has 4 nitrogen and oxygen atoms in total. The van der Waals surface area contributed by atoms with E-state index in [2.05, 4.69) is 28.6 Å². The lowest BCUT2D eigenvalue weighted by Crippen LogP contribution is -2.03.